The summed E-state index contributed by atoms with van der Waals surface area (Å²) in [6, 6.07) is 7.62. The molecule has 106 valence electrons. The Bertz CT molecular complexity index is 589. The number of hydrogen-bond donors (Lipinski definition) is 2. The van der Waals surface area contributed by atoms with Crippen molar-refractivity contribution in [1.82, 2.24) is 14.8 Å². The zero-order valence-corrected chi connectivity index (χ0v) is 11.5. The lowest BCUT2D eigenvalue weighted by Gasteiger charge is -2.18. The lowest BCUT2D eigenvalue weighted by molar-refractivity contribution is 0.414. The number of hydrogen-bond acceptors (Lipinski definition) is 6. The first-order chi connectivity index (χ1) is 9.65. The van der Waals surface area contributed by atoms with Gasteiger partial charge in [0.25, 0.3) is 0 Å². The molecule has 0 aliphatic carbocycles. The molecule has 0 saturated carbocycles. The van der Waals surface area contributed by atoms with Crippen molar-refractivity contribution in [3.05, 3.63) is 36.2 Å². The minimum atomic E-state index is -0.101. The predicted octanol–water partition coefficient (Wildman–Crippen LogP) is 1.18. The lowest BCUT2D eigenvalue weighted by atomic mass is 10.0. The van der Waals surface area contributed by atoms with Crippen LogP contribution in [0.4, 0.5) is 5.95 Å². The Hall–Kier alpha value is -2.57. The third kappa shape index (κ3) is 2.87. The molecule has 0 saturated heterocycles. The van der Waals surface area contributed by atoms with Crippen molar-refractivity contribution >= 4 is 11.7 Å². The number of hydrazone groups is 1. The van der Waals surface area contributed by atoms with Crippen LogP contribution in [0.3, 0.4) is 0 Å². The van der Waals surface area contributed by atoms with E-state index in [9.17, 15) is 0 Å². The SMILES string of the molecule is COc1ccc(C(C/C(C)=N/N)n2ncnc2N)cc1. The van der Waals surface area contributed by atoms with E-state index in [1.54, 1.807) is 11.8 Å². The second-order valence-electron chi connectivity index (χ2n) is 4.42. The number of nitrogen functional groups attached to an aromatic ring is 1. The van der Waals surface area contributed by atoms with Crippen LogP contribution < -0.4 is 16.3 Å². The molecule has 1 heterocycles. The van der Waals surface area contributed by atoms with Gasteiger partial charge in [0, 0.05) is 12.1 Å². The van der Waals surface area contributed by atoms with Gasteiger partial charge in [-0.3, -0.25) is 0 Å². The molecular formula is C13H18N6O. The van der Waals surface area contributed by atoms with Gasteiger partial charge in [0.05, 0.1) is 13.2 Å². The summed E-state index contributed by atoms with van der Waals surface area (Å²) < 4.78 is 6.83. The van der Waals surface area contributed by atoms with Crippen LogP contribution in [0.25, 0.3) is 0 Å². The normalized spacial score (nSPS) is 13.2. The van der Waals surface area contributed by atoms with E-state index in [1.165, 1.54) is 6.33 Å². The summed E-state index contributed by atoms with van der Waals surface area (Å²) in [5.41, 5.74) is 7.69. The number of nitrogens with zero attached hydrogens (tertiary/aromatic N) is 4. The van der Waals surface area contributed by atoms with Gasteiger partial charge in [-0.25, -0.2) is 9.67 Å². The molecule has 7 heteroatoms. The highest BCUT2D eigenvalue weighted by Gasteiger charge is 2.18. The van der Waals surface area contributed by atoms with Crippen molar-refractivity contribution in [1.29, 1.82) is 0 Å². The highest BCUT2D eigenvalue weighted by atomic mass is 16.5. The second kappa shape index (κ2) is 6.05. The van der Waals surface area contributed by atoms with Crippen LogP contribution in [-0.4, -0.2) is 27.6 Å². The maximum atomic E-state index is 5.85. The first-order valence-electron chi connectivity index (χ1n) is 6.18. The molecule has 0 aliphatic heterocycles. The van der Waals surface area contributed by atoms with Gasteiger partial charge < -0.3 is 16.3 Å². The number of rotatable bonds is 5. The van der Waals surface area contributed by atoms with Crippen LogP contribution in [0.1, 0.15) is 24.9 Å². The maximum Gasteiger partial charge on any atom is 0.219 e. The molecule has 0 aliphatic rings. The van der Waals surface area contributed by atoms with Gasteiger partial charge in [-0.15, -0.1) is 0 Å². The highest BCUT2D eigenvalue weighted by Crippen LogP contribution is 2.25. The molecule has 2 rings (SSSR count). The molecule has 1 aromatic heterocycles. The number of benzene rings is 1. The van der Waals surface area contributed by atoms with Crippen molar-refractivity contribution < 1.29 is 4.74 Å². The fourth-order valence-corrected chi connectivity index (χ4v) is 2.00. The molecule has 4 N–H and O–H groups in total. The third-order valence-electron chi connectivity index (χ3n) is 3.11. The Balaban J connectivity index is 2.37. The van der Waals surface area contributed by atoms with Crippen LogP contribution >= 0.6 is 0 Å². The fraction of sp³-hybridized carbons (Fsp3) is 0.308. The highest BCUT2D eigenvalue weighted by molar-refractivity contribution is 5.82. The first-order valence-corrected chi connectivity index (χ1v) is 6.18. The number of ether oxygens (including phenoxy) is 1. The van der Waals surface area contributed by atoms with Gasteiger partial charge >= 0.3 is 0 Å². The quantitative estimate of drug-likeness (QED) is 0.484. The van der Waals surface area contributed by atoms with Crippen molar-refractivity contribution in [2.45, 2.75) is 19.4 Å². The molecule has 1 aromatic carbocycles. The molecule has 20 heavy (non-hydrogen) atoms. The number of aromatic nitrogens is 3. The van der Waals surface area contributed by atoms with E-state index in [1.807, 2.05) is 31.2 Å². The fourth-order valence-electron chi connectivity index (χ4n) is 2.00. The topological polar surface area (TPSA) is 104 Å². The largest absolute Gasteiger partial charge is 0.497 e. The monoisotopic (exact) mass is 274 g/mol. The molecule has 0 radical (unpaired) electrons. The van der Waals surface area contributed by atoms with Crippen LogP contribution in [0.5, 0.6) is 5.75 Å². The molecule has 1 unspecified atom stereocenters. The van der Waals surface area contributed by atoms with E-state index < -0.39 is 0 Å². The molecule has 0 fully saturated rings. The number of anilines is 1. The van der Waals surface area contributed by atoms with Crippen LogP contribution in [-0.2, 0) is 0 Å². The Morgan fingerprint density at radius 3 is 2.60 bits per heavy atom. The van der Waals surface area contributed by atoms with E-state index in [0.29, 0.717) is 12.4 Å². The predicted molar refractivity (Wildman–Crippen MR) is 77.5 cm³/mol. The Kier molecular flexibility index (Phi) is 4.19. The van der Waals surface area contributed by atoms with Gasteiger partial charge in [0.1, 0.15) is 12.1 Å². The summed E-state index contributed by atoms with van der Waals surface area (Å²) in [5.74, 6) is 6.48. The van der Waals surface area contributed by atoms with Crippen LogP contribution in [0.2, 0.25) is 0 Å². The van der Waals surface area contributed by atoms with Gasteiger partial charge in [-0.2, -0.15) is 10.2 Å². The average molecular weight is 274 g/mol. The molecule has 0 bridgehead atoms. The Labute approximate surface area is 117 Å². The third-order valence-corrected chi connectivity index (χ3v) is 3.11. The van der Waals surface area contributed by atoms with E-state index in [2.05, 4.69) is 15.2 Å². The smallest absolute Gasteiger partial charge is 0.219 e. The summed E-state index contributed by atoms with van der Waals surface area (Å²) in [7, 11) is 1.63. The number of nitrogens with two attached hydrogens (primary N) is 2. The molecular weight excluding hydrogens is 256 g/mol. The molecule has 2 aromatic rings. The molecule has 7 nitrogen and oxygen atoms in total. The number of methoxy groups -OCH3 is 1. The summed E-state index contributed by atoms with van der Waals surface area (Å²) in [6.45, 7) is 1.86. The zero-order chi connectivity index (χ0) is 14.5. The van der Waals surface area contributed by atoms with Crippen molar-refractivity contribution in [3.8, 4) is 5.75 Å². The summed E-state index contributed by atoms with van der Waals surface area (Å²) in [5, 5.41) is 7.89. The van der Waals surface area contributed by atoms with Crippen molar-refractivity contribution in [2.24, 2.45) is 10.9 Å². The van der Waals surface area contributed by atoms with Gasteiger partial charge in [0.15, 0.2) is 0 Å². The molecule has 0 spiro atoms. The maximum absolute atomic E-state index is 5.85. The summed E-state index contributed by atoms with van der Waals surface area (Å²) in [6.07, 6.45) is 2.04. The van der Waals surface area contributed by atoms with Crippen LogP contribution in [0, 0.1) is 0 Å². The lowest BCUT2D eigenvalue weighted by Crippen LogP contribution is -2.18. The van der Waals surface area contributed by atoms with Crippen molar-refractivity contribution in [2.75, 3.05) is 12.8 Å². The second-order valence-corrected chi connectivity index (χ2v) is 4.42. The van der Waals surface area contributed by atoms with E-state index in [-0.39, 0.29) is 6.04 Å². The Morgan fingerprint density at radius 1 is 1.40 bits per heavy atom. The van der Waals surface area contributed by atoms with E-state index in [0.717, 1.165) is 17.0 Å². The minimum Gasteiger partial charge on any atom is -0.497 e. The van der Waals surface area contributed by atoms with Crippen molar-refractivity contribution in [3.63, 3.8) is 0 Å². The Morgan fingerprint density at radius 2 is 2.10 bits per heavy atom. The van der Waals surface area contributed by atoms with Crippen LogP contribution in [0.15, 0.2) is 35.7 Å². The molecule has 1 atom stereocenters. The summed E-state index contributed by atoms with van der Waals surface area (Å²) >= 11 is 0. The average Bonchev–Trinajstić information content (AvgIpc) is 2.90. The minimum absolute atomic E-state index is 0.101. The standard InChI is InChI=1S/C13H18N6O/c1-9(18-15)7-12(19-13(14)16-8-17-19)10-3-5-11(20-2)6-4-10/h3-6,8,12H,7,15H2,1-2H3,(H2,14,16,17)/b18-9+. The van der Waals surface area contributed by atoms with E-state index >= 15 is 0 Å². The zero-order valence-electron chi connectivity index (χ0n) is 11.5. The summed E-state index contributed by atoms with van der Waals surface area (Å²) in [4.78, 5) is 3.96. The van der Waals surface area contributed by atoms with Gasteiger partial charge in [-0.1, -0.05) is 12.1 Å². The van der Waals surface area contributed by atoms with E-state index in [4.69, 9.17) is 16.3 Å². The van der Waals surface area contributed by atoms with Gasteiger partial charge in [0.2, 0.25) is 5.95 Å². The first kappa shape index (κ1) is 13.9. The van der Waals surface area contributed by atoms with Gasteiger partial charge in [-0.05, 0) is 24.6 Å². The molecule has 0 amide bonds.